The van der Waals surface area contributed by atoms with Crippen LogP contribution in [-0.4, -0.2) is 11.1 Å². The quantitative estimate of drug-likeness (QED) is 0.720. The van der Waals surface area contributed by atoms with Gasteiger partial charge in [-0.15, -0.1) is 0 Å². The Labute approximate surface area is 149 Å². The van der Waals surface area contributed by atoms with E-state index in [2.05, 4.69) is 10.5 Å². The van der Waals surface area contributed by atoms with E-state index in [1.165, 1.54) is 0 Å². The number of aryl methyl sites for hydroxylation is 1. The first-order valence-electron chi connectivity index (χ1n) is 7.30. The molecule has 0 radical (unpaired) electrons. The lowest BCUT2D eigenvalue weighted by Crippen LogP contribution is -2.23. The van der Waals surface area contributed by atoms with Gasteiger partial charge in [0.15, 0.2) is 0 Å². The van der Waals surface area contributed by atoms with Gasteiger partial charge in [0, 0.05) is 17.1 Å². The zero-order valence-corrected chi connectivity index (χ0v) is 14.4. The Morgan fingerprint density at radius 1 is 1.12 bits per heavy atom. The first-order valence-corrected chi connectivity index (χ1v) is 8.05. The molecule has 1 N–H and O–H groups in total. The third kappa shape index (κ3) is 3.45. The van der Waals surface area contributed by atoms with E-state index in [1.54, 1.807) is 31.2 Å². The van der Waals surface area contributed by atoms with Crippen molar-refractivity contribution < 1.29 is 9.32 Å². The van der Waals surface area contributed by atoms with Gasteiger partial charge >= 0.3 is 0 Å². The molecule has 24 heavy (non-hydrogen) atoms. The second kappa shape index (κ2) is 7.07. The fraction of sp³-hybridized carbons (Fsp3) is 0.111. The molecule has 0 aliphatic carbocycles. The highest BCUT2D eigenvalue weighted by atomic mass is 35.5. The zero-order chi connectivity index (χ0) is 17.1. The number of aromatic nitrogens is 1. The first-order chi connectivity index (χ1) is 11.6. The fourth-order valence-electron chi connectivity index (χ4n) is 2.35. The lowest BCUT2D eigenvalue weighted by atomic mass is 10.1. The van der Waals surface area contributed by atoms with Gasteiger partial charge in [0.2, 0.25) is 0 Å². The molecule has 1 heterocycles. The largest absolute Gasteiger partial charge is 0.360 e. The molecule has 0 spiro atoms. The van der Waals surface area contributed by atoms with Crippen molar-refractivity contribution in [3.05, 3.63) is 75.5 Å². The van der Waals surface area contributed by atoms with Crippen LogP contribution in [0.5, 0.6) is 0 Å². The predicted molar refractivity (Wildman–Crippen MR) is 94.3 cm³/mol. The van der Waals surface area contributed by atoms with Gasteiger partial charge in [0.05, 0.1) is 5.02 Å². The molecule has 0 atom stereocenters. The third-order valence-corrected chi connectivity index (χ3v) is 4.17. The maximum atomic E-state index is 12.6. The molecule has 0 saturated heterocycles. The number of nitrogens with zero attached hydrogens (tertiary/aromatic N) is 1. The van der Waals surface area contributed by atoms with Gasteiger partial charge < -0.3 is 9.84 Å². The Morgan fingerprint density at radius 2 is 1.83 bits per heavy atom. The summed E-state index contributed by atoms with van der Waals surface area (Å²) < 4.78 is 5.21. The van der Waals surface area contributed by atoms with Crippen molar-refractivity contribution in [2.24, 2.45) is 0 Å². The van der Waals surface area contributed by atoms with E-state index in [0.717, 1.165) is 5.56 Å². The molecule has 0 aliphatic heterocycles. The molecule has 0 unspecified atom stereocenters. The number of hydrogen-bond acceptors (Lipinski definition) is 3. The van der Waals surface area contributed by atoms with Crippen LogP contribution in [0.15, 0.2) is 53.1 Å². The van der Waals surface area contributed by atoms with E-state index in [0.29, 0.717) is 39.2 Å². The minimum atomic E-state index is -0.265. The maximum Gasteiger partial charge on any atom is 0.257 e. The number of amides is 1. The normalized spacial score (nSPS) is 10.6. The number of rotatable bonds is 4. The molecular formula is C18H14Cl2N2O2. The highest BCUT2D eigenvalue weighted by molar-refractivity contribution is 6.33. The number of halogens is 2. The Kier molecular flexibility index (Phi) is 4.88. The maximum absolute atomic E-state index is 12.6. The van der Waals surface area contributed by atoms with Crippen molar-refractivity contribution in [1.29, 1.82) is 0 Å². The average molecular weight is 361 g/mol. The molecule has 122 valence electrons. The predicted octanol–water partition coefficient (Wildman–Crippen LogP) is 4.89. The van der Waals surface area contributed by atoms with Crippen LogP contribution in [0, 0.1) is 6.92 Å². The van der Waals surface area contributed by atoms with E-state index in [1.807, 2.05) is 24.3 Å². The van der Waals surface area contributed by atoms with Crippen LogP contribution in [0.25, 0.3) is 11.3 Å². The molecule has 0 fully saturated rings. The molecular weight excluding hydrogens is 347 g/mol. The van der Waals surface area contributed by atoms with Gasteiger partial charge in [-0.1, -0.05) is 58.7 Å². The number of nitrogens with one attached hydrogen (secondary N) is 1. The van der Waals surface area contributed by atoms with Crippen molar-refractivity contribution in [2.45, 2.75) is 13.5 Å². The summed E-state index contributed by atoms with van der Waals surface area (Å²) in [4.78, 5) is 12.6. The van der Waals surface area contributed by atoms with Crippen LogP contribution in [0.3, 0.4) is 0 Å². The SMILES string of the molecule is Cc1onc(-c2ccccc2Cl)c1C(=O)NCc1ccc(Cl)cc1. The zero-order valence-electron chi connectivity index (χ0n) is 12.8. The Balaban J connectivity index is 1.84. The molecule has 0 aliphatic rings. The van der Waals surface area contributed by atoms with E-state index in [4.69, 9.17) is 27.7 Å². The van der Waals surface area contributed by atoms with Crippen LogP contribution in [0.2, 0.25) is 10.0 Å². The van der Waals surface area contributed by atoms with Crippen molar-refractivity contribution in [1.82, 2.24) is 10.5 Å². The standard InChI is InChI=1S/C18H14Cl2N2O2/c1-11-16(17(22-24-11)14-4-2-3-5-15(14)20)18(23)21-10-12-6-8-13(19)9-7-12/h2-9H,10H2,1H3,(H,21,23). The van der Waals surface area contributed by atoms with Gasteiger partial charge in [-0.2, -0.15) is 0 Å². The van der Waals surface area contributed by atoms with Gasteiger partial charge in [-0.05, 0) is 30.7 Å². The topological polar surface area (TPSA) is 55.1 Å². The Hall–Kier alpha value is -2.30. The smallest absolute Gasteiger partial charge is 0.257 e. The van der Waals surface area contributed by atoms with E-state index in [-0.39, 0.29) is 5.91 Å². The number of hydrogen-bond donors (Lipinski definition) is 1. The van der Waals surface area contributed by atoms with Crippen molar-refractivity contribution in [3.63, 3.8) is 0 Å². The van der Waals surface area contributed by atoms with Gasteiger partial charge in [0.1, 0.15) is 17.0 Å². The molecule has 6 heteroatoms. The summed E-state index contributed by atoms with van der Waals surface area (Å²) in [5, 5.41) is 8.03. The lowest BCUT2D eigenvalue weighted by molar-refractivity contribution is 0.0950. The number of benzene rings is 2. The molecule has 1 amide bonds. The van der Waals surface area contributed by atoms with Gasteiger partial charge in [0.25, 0.3) is 5.91 Å². The molecule has 1 aromatic heterocycles. The summed E-state index contributed by atoms with van der Waals surface area (Å²) in [6.07, 6.45) is 0. The Morgan fingerprint density at radius 3 is 2.54 bits per heavy atom. The van der Waals surface area contributed by atoms with Crippen molar-refractivity contribution in [3.8, 4) is 11.3 Å². The fourth-order valence-corrected chi connectivity index (χ4v) is 2.70. The lowest BCUT2D eigenvalue weighted by Gasteiger charge is -2.07. The number of carbonyl (C=O) groups excluding carboxylic acids is 1. The minimum Gasteiger partial charge on any atom is -0.360 e. The van der Waals surface area contributed by atoms with E-state index < -0.39 is 0 Å². The van der Waals surface area contributed by atoms with E-state index >= 15 is 0 Å². The van der Waals surface area contributed by atoms with Crippen LogP contribution in [-0.2, 0) is 6.54 Å². The summed E-state index contributed by atoms with van der Waals surface area (Å²) in [6, 6.07) is 14.5. The second-order valence-electron chi connectivity index (χ2n) is 5.25. The van der Waals surface area contributed by atoms with Crippen LogP contribution in [0.4, 0.5) is 0 Å². The highest BCUT2D eigenvalue weighted by Gasteiger charge is 2.22. The summed E-state index contributed by atoms with van der Waals surface area (Å²) in [6.45, 7) is 2.08. The second-order valence-corrected chi connectivity index (χ2v) is 6.09. The number of carbonyl (C=O) groups is 1. The minimum absolute atomic E-state index is 0.265. The van der Waals surface area contributed by atoms with Gasteiger partial charge in [-0.3, -0.25) is 4.79 Å². The van der Waals surface area contributed by atoms with Gasteiger partial charge in [-0.25, -0.2) is 0 Å². The molecule has 4 nitrogen and oxygen atoms in total. The Bertz CT molecular complexity index is 873. The third-order valence-electron chi connectivity index (χ3n) is 3.59. The van der Waals surface area contributed by atoms with E-state index in [9.17, 15) is 4.79 Å². The summed E-state index contributed by atoms with van der Waals surface area (Å²) in [5.41, 5.74) is 2.43. The van der Waals surface area contributed by atoms with Crippen LogP contribution in [0.1, 0.15) is 21.7 Å². The molecule has 0 saturated carbocycles. The summed E-state index contributed by atoms with van der Waals surface area (Å²) in [5.74, 6) is 0.178. The highest BCUT2D eigenvalue weighted by Crippen LogP contribution is 2.30. The van der Waals surface area contributed by atoms with Crippen molar-refractivity contribution >= 4 is 29.1 Å². The molecule has 3 aromatic rings. The van der Waals surface area contributed by atoms with Crippen LogP contribution >= 0.6 is 23.2 Å². The summed E-state index contributed by atoms with van der Waals surface area (Å²) >= 11 is 12.1. The van der Waals surface area contributed by atoms with Crippen LogP contribution < -0.4 is 5.32 Å². The average Bonchev–Trinajstić information content (AvgIpc) is 2.96. The summed E-state index contributed by atoms with van der Waals surface area (Å²) in [7, 11) is 0. The first kappa shape index (κ1) is 16.6. The van der Waals surface area contributed by atoms with Crippen molar-refractivity contribution in [2.75, 3.05) is 0 Å². The monoisotopic (exact) mass is 360 g/mol. The molecule has 0 bridgehead atoms. The molecule has 2 aromatic carbocycles. The molecule has 3 rings (SSSR count).